The SMILES string of the molecule is CCC(CCCCC(C)N=NC(C)(C)C)C(=O)O. The molecule has 0 aliphatic rings. The van der Waals surface area contributed by atoms with Crippen molar-refractivity contribution in [1.82, 2.24) is 0 Å². The third kappa shape index (κ3) is 9.14. The van der Waals surface area contributed by atoms with Gasteiger partial charge in [0.1, 0.15) is 0 Å². The first-order valence-corrected chi connectivity index (χ1v) is 6.91. The number of carbonyl (C=O) groups is 1. The lowest BCUT2D eigenvalue weighted by atomic mass is 9.98. The Morgan fingerprint density at radius 3 is 2.22 bits per heavy atom. The van der Waals surface area contributed by atoms with Gasteiger partial charge in [0.15, 0.2) is 0 Å². The molecule has 0 radical (unpaired) electrons. The summed E-state index contributed by atoms with van der Waals surface area (Å²) in [6, 6.07) is 0.231. The highest BCUT2D eigenvalue weighted by Gasteiger charge is 2.14. The molecule has 0 saturated carbocycles. The largest absolute Gasteiger partial charge is 0.481 e. The molecule has 0 aromatic heterocycles. The fourth-order valence-corrected chi connectivity index (χ4v) is 1.66. The van der Waals surface area contributed by atoms with Gasteiger partial charge >= 0.3 is 5.97 Å². The Hall–Kier alpha value is -0.930. The lowest BCUT2D eigenvalue weighted by molar-refractivity contribution is -0.142. The second-order valence-corrected chi connectivity index (χ2v) is 5.96. The fourth-order valence-electron chi connectivity index (χ4n) is 1.66. The molecule has 4 nitrogen and oxygen atoms in total. The Labute approximate surface area is 111 Å². The molecular formula is C14H28N2O2. The number of rotatable bonds is 8. The van der Waals surface area contributed by atoms with Gasteiger partial charge in [0.2, 0.25) is 0 Å². The Morgan fingerprint density at radius 2 is 1.78 bits per heavy atom. The van der Waals surface area contributed by atoms with Crippen molar-refractivity contribution < 1.29 is 9.90 Å². The van der Waals surface area contributed by atoms with Gasteiger partial charge in [-0.25, -0.2) is 0 Å². The minimum atomic E-state index is -0.669. The van der Waals surface area contributed by atoms with Crippen molar-refractivity contribution in [3.05, 3.63) is 0 Å². The first-order valence-electron chi connectivity index (χ1n) is 6.91. The Balaban J connectivity index is 3.78. The molecule has 0 aromatic carbocycles. The number of nitrogens with zero attached hydrogens (tertiary/aromatic N) is 2. The molecule has 0 saturated heterocycles. The van der Waals surface area contributed by atoms with E-state index in [0.717, 1.165) is 25.7 Å². The number of azo groups is 1. The van der Waals surface area contributed by atoms with Gasteiger partial charge < -0.3 is 5.11 Å². The summed E-state index contributed by atoms with van der Waals surface area (Å²) in [6.45, 7) is 10.1. The maximum atomic E-state index is 10.8. The summed E-state index contributed by atoms with van der Waals surface area (Å²) in [4.78, 5) is 10.8. The first-order chi connectivity index (χ1) is 8.26. The maximum Gasteiger partial charge on any atom is 0.306 e. The Morgan fingerprint density at radius 1 is 1.22 bits per heavy atom. The number of hydrogen-bond acceptors (Lipinski definition) is 3. The molecule has 0 amide bonds. The van der Waals surface area contributed by atoms with Crippen molar-refractivity contribution in [3.8, 4) is 0 Å². The lowest BCUT2D eigenvalue weighted by Gasteiger charge is -2.12. The van der Waals surface area contributed by atoms with Crippen LogP contribution in [-0.4, -0.2) is 22.7 Å². The Kier molecular flexibility index (Phi) is 7.80. The van der Waals surface area contributed by atoms with Crippen molar-refractivity contribution in [1.29, 1.82) is 0 Å². The highest BCUT2D eigenvalue weighted by molar-refractivity contribution is 5.69. The molecule has 18 heavy (non-hydrogen) atoms. The second kappa shape index (κ2) is 8.22. The van der Waals surface area contributed by atoms with Gasteiger partial charge in [-0.15, -0.1) is 0 Å². The average molecular weight is 256 g/mol. The van der Waals surface area contributed by atoms with Gasteiger partial charge in [0, 0.05) is 0 Å². The normalized spacial score (nSPS) is 15.8. The van der Waals surface area contributed by atoms with Crippen LogP contribution in [0.3, 0.4) is 0 Å². The number of aliphatic carboxylic acids is 1. The van der Waals surface area contributed by atoms with Crippen LogP contribution in [0.2, 0.25) is 0 Å². The van der Waals surface area contributed by atoms with Gasteiger partial charge in [0.25, 0.3) is 0 Å². The van der Waals surface area contributed by atoms with E-state index in [4.69, 9.17) is 5.11 Å². The molecule has 0 bridgehead atoms. The summed E-state index contributed by atoms with van der Waals surface area (Å²) >= 11 is 0. The summed E-state index contributed by atoms with van der Waals surface area (Å²) in [5.41, 5.74) is -0.106. The van der Waals surface area contributed by atoms with Gasteiger partial charge in [-0.05, 0) is 47.0 Å². The van der Waals surface area contributed by atoms with Crippen LogP contribution in [0, 0.1) is 5.92 Å². The third-order valence-electron chi connectivity index (χ3n) is 2.82. The number of unbranched alkanes of at least 4 members (excludes halogenated alkanes) is 1. The predicted molar refractivity (Wildman–Crippen MR) is 74.0 cm³/mol. The van der Waals surface area contributed by atoms with E-state index in [0.29, 0.717) is 6.42 Å². The lowest BCUT2D eigenvalue weighted by Crippen LogP contribution is -2.12. The smallest absolute Gasteiger partial charge is 0.306 e. The maximum absolute atomic E-state index is 10.8. The molecule has 0 rings (SSSR count). The van der Waals surface area contributed by atoms with E-state index in [1.807, 2.05) is 27.7 Å². The van der Waals surface area contributed by atoms with Crippen LogP contribution in [0.25, 0.3) is 0 Å². The minimum Gasteiger partial charge on any atom is -0.481 e. The molecule has 4 heteroatoms. The molecule has 0 fully saturated rings. The van der Waals surface area contributed by atoms with E-state index in [-0.39, 0.29) is 17.5 Å². The highest BCUT2D eigenvalue weighted by Crippen LogP contribution is 2.16. The van der Waals surface area contributed by atoms with Crippen LogP contribution in [0.1, 0.15) is 66.7 Å². The van der Waals surface area contributed by atoms with E-state index in [1.54, 1.807) is 0 Å². The van der Waals surface area contributed by atoms with E-state index in [1.165, 1.54) is 0 Å². The molecule has 0 aliphatic heterocycles. The molecule has 0 aliphatic carbocycles. The van der Waals surface area contributed by atoms with Crippen LogP contribution in [0.4, 0.5) is 0 Å². The zero-order valence-corrected chi connectivity index (χ0v) is 12.4. The summed E-state index contributed by atoms with van der Waals surface area (Å²) in [5.74, 6) is -0.852. The van der Waals surface area contributed by atoms with Gasteiger partial charge in [0.05, 0.1) is 17.5 Å². The van der Waals surface area contributed by atoms with Crippen molar-refractivity contribution in [3.63, 3.8) is 0 Å². The minimum absolute atomic E-state index is 0.106. The van der Waals surface area contributed by atoms with E-state index in [2.05, 4.69) is 17.2 Å². The van der Waals surface area contributed by atoms with Gasteiger partial charge in [-0.3, -0.25) is 4.79 Å². The number of hydrogen-bond donors (Lipinski definition) is 1. The van der Waals surface area contributed by atoms with Crippen molar-refractivity contribution in [2.45, 2.75) is 78.3 Å². The molecule has 1 N–H and O–H groups in total. The molecule has 106 valence electrons. The zero-order chi connectivity index (χ0) is 14.2. The van der Waals surface area contributed by atoms with Gasteiger partial charge in [-0.1, -0.05) is 19.8 Å². The summed E-state index contributed by atoms with van der Waals surface area (Å²) < 4.78 is 0. The second-order valence-electron chi connectivity index (χ2n) is 5.96. The quantitative estimate of drug-likeness (QED) is 0.520. The van der Waals surface area contributed by atoms with Crippen molar-refractivity contribution >= 4 is 5.97 Å². The monoisotopic (exact) mass is 256 g/mol. The standard InChI is InChI=1S/C14H28N2O2/c1-6-12(13(17)18)10-8-7-9-11(2)15-16-14(3,4)5/h11-12H,6-10H2,1-5H3,(H,17,18). The predicted octanol–water partition coefficient (Wildman–Crippen LogP) is 4.30. The van der Waals surface area contributed by atoms with Crippen molar-refractivity contribution in [2.75, 3.05) is 0 Å². The van der Waals surface area contributed by atoms with Crippen LogP contribution < -0.4 is 0 Å². The Bertz CT molecular complexity index is 269. The molecule has 0 heterocycles. The van der Waals surface area contributed by atoms with E-state index < -0.39 is 5.97 Å². The number of carboxylic acids is 1. The van der Waals surface area contributed by atoms with E-state index in [9.17, 15) is 4.79 Å². The fraction of sp³-hybridized carbons (Fsp3) is 0.929. The van der Waals surface area contributed by atoms with Gasteiger partial charge in [-0.2, -0.15) is 10.2 Å². The summed E-state index contributed by atoms with van der Waals surface area (Å²) in [7, 11) is 0. The van der Waals surface area contributed by atoms with Crippen LogP contribution in [-0.2, 0) is 4.79 Å². The highest BCUT2D eigenvalue weighted by atomic mass is 16.4. The molecule has 0 spiro atoms. The molecule has 2 atom stereocenters. The molecule has 0 aromatic rings. The summed E-state index contributed by atoms with van der Waals surface area (Å²) in [5, 5.41) is 17.4. The topological polar surface area (TPSA) is 62.0 Å². The van der Waals surface area contributed by atoms with Crippen LogP contribution in [0.5, 0.6) is 0 Å². The molecule has 2 unspecified atom stereocenters. The van der Waals surface area contributed by atoms with Crippen LogP contribution >= 0.6 is 0 Å². The average Bonchev–Trinajstić information content (AvgIpc) is 2.25. The first kappa shape index (κ1) is 17.1. The number of carboxylic acid groups (broad SMARTS) is 1. The van der Waals surface area contributed by atoms with Crippen molar-refractivity contribution in [2.24, 2.45) is 16.1 Å². The summed E-state index contributed by atoms with van der Waals surface area (Å²) in [6.07, 6.45) is 4.45. The van der Waals surface area contributed by atoms with Crippen LogP contribution in [0.15, 0.2) is 10.2 Å². The van der Waals surface area contributed by atoms with E-state index >= 15 is 0 Å². The zero-order valence-electron chi connectivity index (χ0n) is 12.4. The molecular weight excluding hydrogens is 228 g/mol. The third-order valence-corrected chi connectivity index (χ3v) is 2.82.